The third kappa shape index (κ3) is 4.78. The normalized spacial score (nSPS) is 11.8. The van der Waals surface area contributed by atoms with Gasteiger partial charge < -0.3 is 9.30 Å². The monoisotopic (exact) mass is 469 g/mol. The maximum atomic E-state index is 12.6. The number of imidazole rings is 1. The Morgan fingerprint density at radius 1 is 1.18 bits per heavy atom. The van der Waals surface area contributed by atoms with Crippen molar-refractivity contribution < 1.29 is 17.9 Å². The van der Waals surface area contributed by atoms with Gasteiger partial charge in [0.2, 0.25) is 10.0 Å². The Bertz CT molecular complexity index is 1510. The summed E-state index contributed by atoms with van der Waals surface area (Å²) in [6.45, 7) is 2.60. The van der Waals surface area contributed by atoms with Gasteiger partial charge in [0.25, 0.3) is 5.56 Å². The van der Waals surface area contributed by atoms with E-state index < -0.39 is 16.0 Å². The van der Waals surface area contributed by atoms with Crippen LogP contribution in [0.2, 0.25) is 0 Å². The number of carbonyl (C=O) groups is 1. The third-order valence-electron chi connectivity index (χ3n) is 5.31. The van der Waals surface area contributed by atoms with Gasteiger partial charge in [-0.05, 0) is 30.7 Å². The van der Waals surface area contributed by atoms with Crippen molar-refractivity contribution in [1.82, 2.24) is 19.7 Å². The number of hydrogen-bond donors (Lipinski definition) is 2. The van der Waals surface area contributed by atoms with Crippen LogP contribution in [0.15, 0.2) is 52.2 Å². The highest BCUT2D eigenvalue weighted by Crippen LogP contribution is 2.22. The number of carbonyl (C=O) groups excluding carboxylic acids is 1. The summed E-state index contributed by atoms with van der Waals surface area (Å²) in [6, 6.07) is 11.4. The van der Waals surface area contributed by atoms with Gasteiger partial charge in [-0.1, -0.05) is 31.5 Å². The molecule has 0 amide bonds. The van der Waals surface area contributed by atoms with E-state index in [1.54, 1.807) is 30.3 Å². The topological polar surface area (TPSA) is 150 Å². The second-order valence-electron chi connectivity index (χ2n) is 7.61. The summed E-state index contributed by atoms with van der Waals surface area (Å²) >= 11 is 0. The van der Waals surface area contributed by atoms with E-state index in [-0.39, 0.29) is 23.5 Å². The zero-order valence-corrected chi connectivity index (χ0v) is 18.8. The van der Waals surface area contributed by atoms with Crippen LogP contribution in [0.1, 0.15) is 31.3 Å². The first-order chi connectivity index (χ1) is 15.8. The van der Waals surface area contributed by atoms with E-state index in [0.717, 1.165) is 18.4 Å². The van der Waals surface area contributed by atoms with Crippen LogP contribution in [0.4, 0.5) is 0 Å². The Kier molecular flexibility index (Phi) is 6.25. The lowest BCUT2D eigenvalue weighted by Crippen LogP contribution is -2.16. The van der Waals surface area contributed by atoms with Crippen LogP contribution in [0.3, 0.4) is 0 Å². The molecule has 2 heterocycles. The molecular formula is C22H23N5O5S. The third-order valence-corrected chi connectivity index (χ3v) is 6.22. The molecule has 0 unspecified atom stereocenters. The maximum absolute atomic E-state index is 12.6. The largest absolute Gasteiger partial charge is 0.457 e. The van der Waals surface area contributed by atoms with Gasteiger partial charge in [0.15, 0.2) is 0 Å². The number of ether oxygens (including phenoxy) is 1. The molecule has 0 spiro atoms. The van der Waals surface area contributed by atoms with Crippen LogP contribution in [0.5, 0.6) is 0 Å². The number of nitrogens with two attached hydrogens (primary N) is 1. The molecule has 0 aliphatic carbocycles. The number of rotatable bonds is 8. The molecule has 3 N–H and O–H groups in total. The van der Waals surface area contributed by atoms with Crippen LogP contribution >= 0.6 is 0 Å². The van der Waals surface area contributed by atoms with Crippen LogP contribution in [0, 0.1) is 0 Å². The van der Waals surface area contributed by atoms with E-state index in [1.165, 1.54) is 12.1 Å². The number of primary sulfonamides is 1. The molecule has 4 rings (SSSR count). The highest BCUT2D eigenvalue weighted by Gasteiger charge is 2.17. The van der Waals surface area contributed by atoms with E-state index in [0.29, 0.717) is 34.4 Å². The lowest BCUT2D eigenvalue weighted by atomic mass is 10.1. The molecule has 4 aromatic rings. The molecule has 0 bridgehead atoms. The van der Waals surface area contributed by atoms with Crippen molar-refractivity contribution in [3.8, 4) is 0 Å². The molecule has 0 saturated carbocycles. The van der Waals surface area contributed by atoms with Gasteiger partial charge in [0.05, 0.1) is 33.4 Å². The summed E-state index contributed by atoms with van der Waals surface area (Å²) in [5, 5.41) is 12.7. The minimum absolute atomic E-state index is 0.0327. The molecule has 2 aromatic carbocycles. The Morgan fingerprint density at radius 3 is 2.67 bits per heavy atom. The summed E-state index contributed by atoms with van der Waals surface area (Å²) < 4.78 is 30.7. The number of esters is 1. The first-order valence-electron chi connectivity index (χ1n) is 10.4. The average molecular weight is 470 g/mol. The Hall–Kier alpha value is -3.57. The number of unbranched alkanes of at least 4 members (excludes halogenated alkanes) is 1. The first kappa shape index (κ1) is 22.6. The van der Waals surface area contributed by atoms with E-state index in [4.69, 9.17) is 9.88 Å². The lowest BCUT2D eigenvalue weighted by Gasteiger charge is -2.10. The number of sulfonamides is 1. The predicted molar refractivity (Wildman–Crippen MR) is 122 cm³/mol. The van der Waals surface area contributed by atoms with E-state index >= 15 is 0 Å². The van der Waals surface area contributed by atoms with Crippen molar-refractivity contribution in [1.29, 1.82) is 0 Å². The number of nitrogens with one attached hydrogen (secondary N) is 1. The molecule has 33 heavy (non-hydrogen) atoms. The first-order valence-corrected chi connectivity index (χ1v) is 12.0. The predicted octanol–water partition coefficient (Wildman–Crippen LogP) is 2.01. The summed E-state index contributed by atoms with van der Waals surface area (Å²) in [4.78, 5) is 28.9. The number of hydrogen-bond acceptors (Lipinski definition) is 7. The molecule has 0 radical (unpaired) electrons. The second kappa shape index (κ2) is 9.12. The van der Waals surface area contributed by atoms with Crippen molar-refractivity contribution in [2.24, 2.45) is 5.14 Å². The number of aryl methyl sites for hydroxylation is 1. The minimum Gasteiger partial charge on any atom is -0.457 e. The number of benzene rings is 2. The molecule has 11 heteroatoms. The zero-order valence-electron chi connectivity index (χ0n) is 17.9. The summed E-state index contributed by atoms with van der Waals surface area (Å²) in [6.07, 6.45) is 1.69. The minimum atomic E-state index is -3.86. The SMILES string of the molecule is CCCCn1c(COC(=O)Cc2n[nH]c(=O)c3ccccc23)nc2cc(S(N)(=O)=O)ccc21. The van der Waals surface area contributed by atoms with Crippen molar-refractivity contribution >= 4 is 37.8 Å². The van der Waals surface area contributed by atoms with Crippen molar-refractivity contribution in [2.75, 3.05) is 0 Å². The lowest BCUT2D eigenvalue weighted by molar-refractivity contribution is -0.144. The molecular weight excluding hydrogens is 446 g/mol. The van der Waals surface area contributed by atoms with Gasteiger partial charge >= 0.3 is 5.97 Å². The molecule has 10 nitrogen and oxygen atoms in total. The number of aromatic nitrogens is 4. The van der Waals surface area contributed by atoms with E-state index in [9.17, 15) is 18.0 Å². The smallest absolute Gasteiger partial charge is 0.312 e. The van der Waals surface area contributed by atoms with Crippen molar-refractivity contribution in [3.05, 3.63) is 64.3 Å². The van der Waals surface area contributed by atoms with Gasteiger partial charge in [-0.15, -0.1) is 0 Å². The van der Waals surface area contributed by atoms with Crippen molar-refractivity contribution in [2.45, 2.75) is 44.2 Å². The van der Waals surface area contributed by atoms with Crippen LogP contribution in [0.25, 0.3) is 21.8 Å². The Balaban J connectivity index is 1.57. The fraction of sp³-hybridized carbons (Fsp3) is 0.273. The van der Waals surface area contributed by atoms with Crippen LogP contribution < -0.4 is 10.7 Å². The summed E-state index contributed by atoms with van der Waals surface area (Å²) in [5.74, 6) is -0.0309. The van der Waals surface area contributed by atoms with Crippen molar-refractivity contribution in [3.63, 3.8) is 0 Å². The molecule has 0 atom stereocenters. The fourth-order valence-corrected chi connectivity index (χ4v) is 4.19. The second-order valence-corrected chi connectivity index (χ2v) is 9.17. The number of nitrogens with zero attached hydrogens (tertiary/aromatic N) is 3. The molecule has 172 valence electrons. The van der Waals surface area contributed by atoms with Gasteiger partial charge in [0.1, 0.15) is 12.4 Å². The van der Waals surface area contributed by atoms with Crippen LogP contribution in [-0.2, 0) is 39.1 Å². The van der Waals surface area contributed by atoms with E-state index in [1.807, 2.05) is 4.57 Å². The zero-order chi connectivity index (χ0) is 23.6. The van der Waals surface area contributed by atoms with Gasteiger partial charge in [0, 0.05) is 11.9 Å². The fourth-order valence-electron chi connectivity index (χ4n) is 3.65. The van der Waals surface area contributed by atoms with Gasteiger partial charge in [-0.2, -0.15) is 5.10 Å². The Labute approximate surface area is 189 Å². The summed E-state index contributed by atoms with van der Waals surface area (Å²) in [7, 11) is -3.86. The number of aromatic amines is 1. The summed E-state index contributed by atoms with van der Waals surface area (Å²) in [5.41, 5.74) is 1.27. The molecule has 0 fully saturated rings. The van der Waals surface area contributed by atoms with Gasteiger partial charge in [-0.3, -0.25) is 9.59 Å². The van der Waals surface area contributed by atoms with E-state index in [2.05, 4.69) is 22.1 Å². The molecule has 2 aromatic heterocycles. The molecule has 0 aliphatic rings. The maximum Gasteiger partial charge on any atom is 0.312 e. The standard InChI is InChI=1S/C22H23N5O5S/c1-2-3-10-27-19-9-8-14(33(23,30)31)11-18(19)24-20(27)13-32-21(28)12-17-15-6-4-5-7-16(15)22(29)26-25-17/h4-9,11H,2-3,10,12-13H2,1H3,(H,26,29)(H2,23,30,31). The van der Waals surface area contributed by atoms with Crippen LogP contribution in [-0.4, -0.2) is 34.1 Å². The molecule has 0 saturated heterocycles. The molecule has 0 aliphatic heterocycles. The van der Waals surface area contributed by atoms with Gasteiger partial charge in [-0.25, -0.2) is 23.6 Å². The average Bonchev–Trinajstić information content (AvgIpc) is 3.14. The quantitative estimate of drug-likeness (QED) is 0.375. The Morgan fingerprint density at radius 2 is 1.94 bits per heavy atom. The number of H-pyrrole nitrogens is 1. The number of fused-ring (bicyclic) bond motifs is 2. The highest BCUT2D eigenvalue weighted by atomic mass is 32.2. The highest BCUT2D eigenvalue weighted by molar-refractivity contribution is 7.89.